The Kier molecular flexibility index (Phi) is 6.60. The first-order valence-electron chi connectivity index (χ1n) is 9.96. The normalized spacial score (nSPS) is 12.7. The van der Waals surface area contributed by atoms with E-state index >= 15 is 0 Å². The molecule has 4 aromatic rings. The molecule has 2 heterocycles. The minimum atomic E-state index is -4.39. The van der Waals surface area contributed by atoms with Crippen LogP contribution in [0.3, 0.4) is 0 Å². The summed E-state index contributed by atoms with van der Waals surface area (Å²) in [7, 11) is 0. The average Bonchev–Trinajstić information content (AvgIpc) is 3.32. The number of pyridine rings is 1. The van der Waals surface area contributed by atoms with Crippen LogP contribution in [0, 0.1) is 0 Å². The Morgan fingerprint density at radius 3 is 2.59 bits per heavy atom. The number of ether oxygens (including phenoxy) is 2. The Morgan fingerprint density at radius 1 is 1.00 bits per heavy atom. The fraction of sp³-hybridized carbons (Fsp3) is 0.273. The molecule has 166 valence electrons. The third-order valence-corrected chi connectivity index (χ3v) is 4.80. The van der Waals surface area contributed by atoms with Gasteiger partial charge < -0.3 is 9.47 Å². The number of halogens is 3. The Morgan fingerprint density at radius 2 is 1.84 bits per heavy atom. The summed E-state index contributed by atoms with van der Waals surface area (Å²) >= 11 is 0. The number of benzene rings is 2. The van der Waals surface area contributed by atoms with E-state index in [0.29, 0.717) is 41.9 Å². The van der Waals surface area contributed by atoms with E-state index in [0.717, 1.165) is 17.9 Å². The quantitative estimate of drug-likeness (QED) is 0.414. The highest BCUT2D eigenvalue weighted by Crippen LogP contribution is 2.31. The van der Waals surface area contributed by atoms with Crippen LogP contribution in [0.5, 0.6) is 5.75 Å². The monoisotopic (exact) mass is 443 g/mol. The number of hydrogen-bond donors (Lipinski definition) is 1. The van der Waals surface area contributed by atoms with Crippen LogP contribution < -0.4 is 4.74 Å². The number of aryl methyl sites for hydroxylation is 1. The van der Waals surface area contributed by atoms with Gasteiger partial charge >= 0.3 is 6.18 Å². The van der Waals surface area contributed by atoms with Gasteiger partial charge in [0, 0.05) is 11.8 Å². The second kappa shape index (κ2) is 9.73. The standard InChI is InChI=1S/C22H20F3N5O2/c23-22(24,25)16-7-10-20-15(12-16)6-8-17(26-20)13-31-19(9-11-21-27-29-30-28-21)14-32-18-4-2-1-3-5-18/h1-8,10,12,19H,9,11,13-14H2,(H,27,28,29,30). The lowest BCUT2D eigenvalue weighted by Crippen LogP contribution is -2.23. The van der Waals surface area contributed by atoms with Gasteiger partial charge in [-0.15, -0.1) is 10.2 Å². The molecule has 4 rings (SSSR count). The Hall–Kier alpha value is -3.53. The van der Waals surface area contributed by atoms with Gasteiger partial charge in [-0.1, -0.05) is 29.5 Å². The smallest absolute Gasteiger partial charge is 0.416 e. The number of para-hydroxylation sites is 1. The van der Waals surface area contributed by atoms with Gasteiger partial charge in [-0.3, -0.25) is 4.98 Å². The van der Waals surface area contributed by atoms with Crippen molar-refractivity contribution in [3.05, 3.63) is 77.7 Å². The minimum Gasteiger partial charge on any atom is -0.491 e. The molecule has 0 fully saturated rings. The highest BCUT2D eigenvalue weighted by atomic mass is 19.4. The summed E-state index contributed by atoms with van der Waals surface area (Å²) in [6.45, 7) is 0.496. The van der Waals surface area contributed by atoms with E-state index in [1.54, 1.807) is 12.1 Å². The Labute approximate surface area is 181 Å². The molecule has 0 aliphatic rings. The lowest BCUT2D eigenvalue weighted by molar-refractivity contribution is -0.137. The Bertz CT molecular complexity index is 1140. The maximum Gasteiger partial charge on any atom is 0.416 e. The predicted octanol–water partition coefficient (Wildman–Crippen LogP) is 4.36. The van der Waals surface area contributed by atoms with E-state index in [-0.39, 0.29) is 12.7 Å². The maximum atomic E-state index is 12.9. The summed E-state index contributed by atoms with van der Waals surface area (Å²) in [5.74, 6) is 1.30. The summed E-state index contributed by atoms with van der Waals surface area (Å²) in [5, 5.41) is 14.3. The third kappa shape index (κ3) is 5.79. The molecule has 1 atom stereocenters. The van der Waals surface area contributed by atoms with Crippen molar-refractivity contribution >= 4 is 10.9 Å². The van der Waals surface area contributed by atoms with Crippen molar-refractivity contribution in [2.45, 2.75) is 31.7 Å². The highest BCUT2D eigenvalue weighted by molar-refractivity contribution is 5.79. The van der Waals surface area contributed by atoms with E-state index in [1.807, 2.05) is 30.3 Å². The molecular weight excluding hydrogens is 423 g/mol. The molecule has 0 saturated heterocycles. The van der Waals surface area contributed by atoms with E-state index in [9.17, 15) is 13.2 Å². The molecule has 0 bridgehead atoms. The van der Waals surface area contributed by atoms with Crippen LogP contribution >= 0.6 is 0 Å². The van der Waals surface area contributed by atoms with Gasteiger partial charge in [-0.05, 0) is 42.8 Å². The van der Waals surface area contributed by atoms with Crippen molar-refractivity contribution in [2.75, 3.05) is 6.61 Å². The number of tetrazole rings is 1. The molecule has 2 aromatic carbocycles. The first-order chi connectivity index (χ1) is 15.5. The number of nitrogens with one attached hydrogen (secondary N) is 1. The van der Waals surface area contributed by atoms with Crippen LogP contribution in [0.15, 0.2) is 60.7 Å². The van der Waals surface area contributed by atoms with Gasteiger partial charge in [-0.2, -0.15) is 18.4 Å². The maximum absolute atomic E-state index is 12.9. The van der Waals surface area contributed by atoms with Crippen molar-refractivity contribution in [3.8, 4) is 5.75 Å². The fourth-order valence-corrected chi connectivity index (χ4v) is 3.13. The summed E-state index contributed by atoms with van der Waals surface area (Å²) in [6.07, 6.45) is -3.53. The first kappa shape index (κ1) is 21.7. The summed E-state index contributed by atoms with van der Waals surface area (Å²) < 4.78 is 50.6. The lowest BCUT2D eigenvalue weighted by Gasteiger charge is -2.18. The summed E-state index contributed by atoms with van der Waals surface area (Å²) in [5.41, 5.74) is 0.389. The number of nitrogens with zero attached hydrogens (tertiary/aromatic N) is 4. The van der Waals surface area contributed by atoms with Crippen LogP contribution in [0.1, 0.15) is 23.5 Å². The number of fused-ring (bicyclic) bond motifs is 1. The molecule has 7 nitrogen and oxygen atoms in total. The average molecular weight is 443 g/mol. The third-order valence-electron chi connectivity index (χ3n) is 4.80. The van der Waals surface area contributed by atoms with Gasteiger partial charge in [0.25, 0.3) is 0 Å². The molecule has 0 amide bonds. The zero-order valence-electron chi connectivity index (χ0n) is 16.9. The molecule has 1 unspecified atom stereocenters. The fourth-order valence-electron chi connectivity index (χ4n) is 3.13. The van der Waals surface area contributed by atoms with Gasteiger partial charge in [0.2, 0.25) is 0 Å². The number of aromatic nitrogens is 5. The van der Waals surface area contributed by atoms with Crippen molar-refractivity contribution < 1.29 is 22.6 Å². The molecule has 0 radical (unpaired) electrons. The second-order valence-electron chi connectivity index (χ2n) is 7.13. The minimum absolute atomic E-state index is 0.187. The van der Waals surface area contributed by atoms with Crippen molar-refractivity contribution in [3.63, 3.8) is 0 Å². The van der Waals surface area contributed by atoms with Gasteiger partial charge in [-0.25, -0.2) is 0 Å². The molecule has 0 spiro atoms. The summed E-state index contributed by atoms with van der Waals surface area (Å²) in [4.78, 5) is 4.43. The second-order valence-corrected chi connectivity index (χ2v) is 7.13. The number of hydrogen-bond acceptors (Lipinski definition) is 6. The molecule has 1 N–H and O–H groups in total. The molecule has 10 heteroatoms. The number of aromatic amines is 1. The van der Waals surface area contributed by atoms with Crippen molar-refractivity contribution in [1.29, 1.82) is 0 Å². The highest BCUT2D eigenvalue weighted by Gasteiger charge is 2.30. The van der Waals surface area contributed by atoms with Crippen LogP contribution in [0.25, 0.3) is 10.9 Å². The molecular formula is C22H20F3N5O2. The van der Waals surface area contributed by atoms with E-state index in [4.69, 9.17) is 9.47 Å². The SMILES string of the molecule is FC(F)(F)c1ccc2nc(COC(CCc3nn[nH]n3)COc3ccccc3)ccc2c1. The Balaban J connectivity index is 1.41. The molecule has 0 aliphatic carbocycles. The van der Waals surface area contributed by atoms with Gasteiger partial charge in [0.15, 0.2) is 5.82 Å². The molecule has 0 saturated carbocycles. The largest absolute Gasteiger partial charge is 0.491 e. The van der Waals surface area contributed by atoms with Crippen LogP contribution in [0.2, 0.25) is 0 Å². The van der Waals surface area contributed by atoms with Gasteiger partial charge in [0.05, 0.1) is 29.5 Å². The van der Waals surface area contributed by atoms with Crippen LogP contribution in [-0.4, -0.2) is 38.3 Å². The zero-order chi connectivity index (χ0) is 22.4. The number of rotatable bonds is 9. The lowest BCUT2D eigenvalue weighted by atomic mass is 10.1. The van der Waals surface area contributed by atoms with Crippen molar-refractivity contribution in [2.24, 2.45) is 0 Å². The molecule has 0 aliphatic heterocycles. The van der Waals surface area contributed by atoms with Gasteiger partial charge in [0.1, 0.15) is 12.4 Å². The number of H-pyrrole nitrogens is 1. The van der Waals surface area contributed by atoms with E-state index < -0.39 is 11.7 Å². The topological polar surface area (TPSA) is 85.8 Å². The van der Waals surface area contributed by atoms with Crippen LogP contribution in [-0.2, 0) is 23.9 Å². The summed E-state index contributed by atoms with van der Waals surface area (Å²) in [6, 6.07) is 16.2. The number of alkyl halides is 3. The zero-order valence-corrected chi connectivity index (χ0v) is 16.9. The van der Waals surface area contributed by atoms with E-state index in [2.05, 4.69) is 25.6 Å². The molecule has 2 aromatic heterocycles. The van der Waals surface area contributed by atoms with E-state index in [1.165, 1.54) is 6.07 Å². The first-order valence-corrected chi connectivity index (χ1v) is 9.96. The van der Waals surface area contributed by atoms with Crippen molar-refractivity contribution in [1.82, 2.24) is 25.6 Å². The molecule has 32 heavy (non-hydrogen) atoms. The predicted molar refractivity (Wildman–Crippen MR) is 110 cm³/mol. The van der Waals surface area contributed by atoms with Crippen LogP contribution in [0.4, 0.5) is 13.2 Å².